The van der Waals surface area contributed by atoms with E-state index in [1.165, 1.54) is 212 Å². The molecule has 67 heavy (non-hydrogen) atoms. The molecule has 6 heteroatoms. The monoisotopic (exact) mass is 941 g/mol. The van der Waals surface area contributed by atoms with Gasteiger partial charge in [-0.2, -0.15) is 0 Å². The molecule has 0 N–H and O–H groups in total. The van der Waals surface area contributed by atoms with E-state index in [1.54, 1.807) is 0 Å². The maximum absolute atomic E-state index is 12.9. The van der Waals surface area contributed by atoms with Crippen LogP contribution >= 0.6 is 0 Å². The third kappa shape index (κ3) is 54.4. The molecule has 1 atom stereocenters. The van der Waals surface area contributed by atoms with Gasteiger partial charge >= 0.3 is 17.9 Å². The molecule has 0 aliphatic heterocycles. The third-order valence-corrected chi connectivity index (χ3v) is 13.1. The number of carbonyl (C=O) groups excluding carboxylic acids is 3. The Kier molecular flexibility index (Phi) is 54.2. The Morgan fingerprint density at radius 3 is 0.866 bits per heavy atom. The summed E-state index contributed by atoms with van der Waals surface area (Å²) in [6.45, 7) is 6.64. The van der Waals surface area contributed by atoms with Gasteiger partial charge in [-0.3, -0.25) is 14.4 Å². The lowest BCUT2D eigenvalue weighted by atomic mass is 10.1. The molecule has 0 aliphatic carbocycles. The van der Waals surface area contributed by atoms with Crippen LogP contribution in [0.1, 0.15) is 316 Å². The number of hydrogen-bond acceptors (Lipinski definition) is 6. The second-order valence-corrected chi connectivity index (χ2v) is 19.9. The van der Waals surface area contributed by atoms with Gasteiger partial charge in [0.25, 0.3) is 0 Å². The van der Waals surface area contributed by atoms with Crippen LogP contribution in [0.25, 0.3) is 0 Å². The van der Waals surface area contributed by atoms with E-state index in [2.05, 4.69) is 57.2 Å². The molecule has 0 aromatic carbocycles. The van der Waals surface area contributed by atoms with Gasteiger partial charge < -0.3 is 14.2 Å². The quantitative estimate of drug-likeness (QED) is 0.0262. The van der Waals surface area contributed by atoms with Crippen molar-refractivity contribution in [3.05, 3.63) is 36.5 Å². The summed E-state index contributed by atoms with van der Waals surface area (Å²) in [7, 11) is 0. The van der Waals surface area contributed by atoms with Gasteiger partial charge in [0, 0.05) is 19.3 Å². The Bertz CT molecular complexity index is 1130. The van der Waals surface area contributed by atoms with Gasteiger partial charge in [0.15, 0.2) is 6.10 Å². The highest BCUT2D eigenvalue weighted by Gasteiger charge is 2.19. The molecule has 0 saturated carbocycles. The lowest BCUT2D eigenvalue weighted by Crippen LogP contribution is -2.30. The van der Waals surface area contributed by atoms with E-state index in [0.29, 0.717) is 19.3 Å². The minimum Gasteiger partial charge on any atom is -0.462 e. The minimum absolute atomic E-state index is 0.0716. The van der Waals surface area contributed by atoms with Gasteiger partial charge in [-0.05, 0) is 77.0 Å². The Morgan fingerprint density at radius 1 is 0.299 bits per heavy atom. The third-order valence-electron chi connectivity index (χ3n) is 13.1. The average molecular weight is 942 g/mol. The van der Waals surface area contributed by atoms with Crippen LogP contribution in [0.4, 0.5) is 0 Å². The number of ether oxygens (including phenoxy) is 3. The molecule has 0 radical (unpaired) electrons. The molecule has 0 aromatic rings. The Hall–Kier alpha value is -2.37. The highest BCUT2D eigenvalue weighted by Crippen LogP contribution is 2.16. The largest absolute Gasteiger partial charge is 0.462 e. The van der Waals surface area contributed by atoms with Gasteiger partial charge in [0.05, 0.1) is 0 Å². The van der Waals surface area contributed by atoms with Gasteiger partial charge in [-0.25, -0.2) is 0 Å². The lowest BCUT2D eigenvalue weighted by Gasteiger charge is -2.18. The fourth-order valence-electron chi connectivity index (χ4n) is 8.65. The van der Waals surface area contributed by atoms with Crippen LogP contribution in [0.15, 0.2) is 36.5 Å². The fourth-order valence-corrected chi connectivity index (χ4v) is 8.65. The molecule has 0 spiro atoms. The molecule has 0 fully saturated rings. The minimum atomic E-state index is -0.773. The van der Waals surface area contributed by atoms with E-state index in [4.69, 9.17) is 14.2 Å². The van der Waals surface area contributed by atoms with Crippen molar-refractivity contribution in [2.45, 2.75) is 322 Å². The fraction of sp³-hybridized carbons (Fsp3) is 0.852. The van der Waals surface area contributed by atoms with Crippen molar-refractivity contribution in [1.82, 2.24) is 0 Å². The number of carbonyl (C=O) groups is 3. The number of unbranched alkanes of at least 4 members (excludes halogenated alkanes) is 37. The van der Waals surface area contributed by atoms with Gasteiger partial charge in [-0.1, -0.05) is 256 Å². The molecule has 0 unspecified atom stereocenters. The van der Waals surface area contributed by atoms with Crippen LogP contribution in [-0.4, -0.2) is 37.2 Å². The predicted octanol–water partition coefficient (Wildman–Crippen LogP) is 19.7. The van der Waals surface area contributed by atoms with Gasteiger partial charge in [0.1, 0.15) is 13.2 Å². The molecule has 0 aromatic heterocycles. The zero-order chi connectivity index (χ0) is 48.6. The van der Waals surface area contributed by atoms with Crippen molar-refractivity contribution in [2.24, 2.45) is 0 Å². The summed E-state index contributed by atoms with van der Waals surface area (Å²) in [4.78, 5) is 38.1. The molecule has 392 valence electrons. The van der Waals surface area contributed by atoms with Crippen LogP contribution in [0.3, 0.4) is 0 Å². The van der Waals surface area contributed by atoms with E-state index < -0.39 is 6.10 Å². The Labute approximate surface area is 416 Å². The predicted molar refractivity (Wildman–Crippen MR) is 289 cm³/mol. The standard InChI is InChI=1S/C61H112O6/c1-4-7-10-13-16-19-22-24-26-28-30-32-34-36-39-42-45-48-51-54-60(63)66-57-58(56-65-59(62)53-50-47-44-41-38-21-18-15-12-9-6-3)67-61(64)55-52-49-46-43-40-37-35-33-31-29-27-25-23-20-17-14-11-8-5-2/h16,19,24,26,29,31,58H,4-15,17-18,20-23,25,27-28,30,32-57H2,1-3H3/b19-16-,26-24-,31-29-/t58-/m1/s1. The first-order valence-electron chi connectivity index (χ1n) is 29.5. The zero-order valence-corrected chi connectivity index (χ0v) is 44.9. The molecule has 0 saturated heterocycles. The SMILES string of the molecule is CCCCC/C=C\C/C=C\CCCCCCCCCCCC(=O)OC[C@@H](COC(=O)CCCCCCCCCCCCC)OC(=O)CCCCCCCCC/C=C\CCCCCCCCCC. The maximum Gasteiger partial charge on any atom is 0.306 e. The summed E-state index contributed by atoms with van der Waals surface area (Å²) in [5, 5.41) is 0. The smallest absolute Gasteiger partial charge is 0.306 e. The average Bonchev–Trinajstić information content (AvgIpc) is 3.33. The molecular weight excluding hydrogens is 829 g/mol. The van der Waals surface area contributed by atoms with Crippen LogP contribution in [0, 0.1) is 0 Å². The molecule has 0 aliphatic rings. The number of hydrogen-bond donors (Lipinski definition) is 0. The van der Waals surface area contributed by atoms with Crippen molar-refractivity contribution in [3.8, 4) is 0 Å². The van der Waals surface area contributed by atoms with Crippen molar-refractivity contribution in [3.63, 3.8) is 0 Å². The maximum atomic E-state index is 12.9. The summed E-state index contributed by atoms with van der Waals surface area (Å²) in [6, 6.07) is 0. The van der Waals surface area contributed by atoms with Crippen molar-refractivity contribution < 1.29 is 28.6 Å². The van der Waals surface area contributed by atoms with E-state index >= 15 is 0 Å². The van der Waals surface area contributed by atoms with E-state index in [0.717, 1.165) is 64.2 Å². The lowest BCUT2D eigenvalue weighted by molar-refractivity contribution is -0.167. The summed E-state index contributed by atoms with van der Waals surface area (Å²) in [6.07, 6.45) is 67.1. The summed E-state index contributed by atoms with van der Waals surface area (Å²) in [5.41, 5.74) is 0. The van der Waals surface area contributed by atoms with Crippen LogP contribution < -0.4 is 0 Å². The molecule has 0 amide bonds. The van der Waals surface area contributed by atoms with Crippen molar-refractivity contribution >= 4 is 17.9 Å². The first-order chi connectivity index (χ1) is 33.0. The molecule has 0 heterocycles. The highest BCUT2D eigenvalue weighted by atomic mass is 16.6. The second kappa shape index (κ2) is 56.2. The molecular formula is C61H112O6. The Morgan fingerprint density at radius 2 is 0.537 bits per heavy atom. The topological polar surface area (TPSA) is 78.9 Å². The molecule has 6 nitrogen and oxygen atoms in total. The normalized spacial score (nSPS) is 12.2. The van der Waals surface area contributed by atoms with Crippen LogP contribution in [-0.2, 0) is 28.6 Å². The number of rotatable bonds is 54. The number of esters is 3. The number of allylic oxidation sites excluding steroid dienone is 6. The van der Waals surface area contributed by atoms with Gasteiger partial charge in [-0.15, -0.1) is 0 Å². The Balaban J connectivity index is 4.30. The van der Waals surface area contributed by atoms with Gasteiger partial charge in [0.2, 0.25) is 0 Å². The summed E-state index contributed by atoms with van der Waals surface area (Å²) in [5.74, 6) is -0.864. The van der Waals surface area contributed by atoms with E-state index in [1.807, 2.05) is 0 Å². The van der Waals surface area contributed by atoms with Crippen molar-refractivity contribution in [2.75, 3.05) is 13.2 Å². The molecule has 0 rings (SSSR count). The zero-order valence-electron chi connectivity index (χ0n) is 44.9. The highest BCUT2D eigenvalue weighted by molar-refractivity contribution is 5.71. The first-order valence-corrected chi connectivity index (χ1v) is 29.5. The van der Waals surface area contributed by atoms with E-state index in [9.17, 15) is 14.4 Å². The first kappa shape index (κ1) is 64.6. The van der Waals surface area contributed by atoms with Crippen LogP contribution in [0.5, 0.6) is 0 Å². The van der Waals surface area contributed by atoms with E-state index in [-0.39, 0.29) is 31.1 Å². The summed E-state index contributed by atoms with van der Waals surface area (Å²) >= 11 is 0. The van der Waals surface area contributed by atoms with Crippen LogP contribution in [0.2, 0.25) is 0 Å². The second-order valence-electron chi connectivity index (χ2n) is 19.9. The molecule has 0 bridgehead atoms. The summed E-state index contributed by atoms with van der Waals surface area (Å²) < 4.78 is 16.9. The van der Waals surface area contributed by atoms with Crippen molar-refractivity contribution in [1.29, 1.82) is 0 Å².